The molecular formula is C16H25N3O. The number of hydrogen-bond acceptors (Lipinski definition) is 3. The third-order valence-electron chi connectivity index (χ3n) is 4.25. The van der Waals surface area contributed by atoms with E-state index in [1.165, 1.54) is 12.0 Å². The normalized spacial score (nSPS) is 19.9. The smallest absolute Gasteiger partial charge is 0.238 e. The second-order valence-electron chi connectivity index (χ2n) is 5.65. The van der Waals surface area contributed by atoms with Crippen molar-refractivity contribution < 1.29 is 4.79 Å². The molecule has 1 amide bonds. The molecule has 0 spiro atoms. The predicted octanol–water partition coefficient (Wildman–Crippen LogP) is 2.06. The maximum absolute atomic E-state index is 12.2. The van der Waals surface area contributed by atoms with Gasteiger partial charge >= 0.3 is 0 Å². The van der Waals surface area contributed by atoms with Crippen LogP contribution in [0.3, 0.4) is 0 Å². The molecule has 110 valence electrons. The van der Waals surface area contributed by atoms with Gasteiger partial charge in [-0.05, 0) is 50.4 Å². The number of aryl methyl sites for hydroxylation is 1. The Morgan fingerprint density at radius 1 is 1.40 bits per heavy atom. The van der Waals surface area contributed by atoms with Crippen molar-refractivity contribution in [1.82, 2.24) is 4.90 Å². The quantitative estimate of drug-likeness (QED) is 0.884. The average Bonchev–Trinajstić information content (AvgIpc) is 2.44. The maximum Gasteiger partial charge on any atom is 0.238 e. The molecule has 1 aliphatic heterocycles. The molecule has 4 heteroatoms. The highest BCUT2D eigenvalue weighted by Crippen LogP contribution is 2.19. The van der Waals surface area contributed by atoms with Crippen molar-refractivity contribution in [3.63, 3.8) is 0 Å². The zero-order chi connectivity index (χ0) is 14.5. The van der Waals surface area contributed by atoms with Crippen LogP contribution in [0.2, 0.25) is 0 Å². The molecule has 1 aromatic carbocycles. The largest absolute Gasteiger partial charge is 0.329 e. The third kappa shape index (κ3) is 3.58. The highest BCUT2D eigenvalue weighted by Gasteiger charge is 2.23. The van der Waals surface area contributed by atoms with Crippen molar-refractivity contribution in [1.29, 1.82) is 0 Å². The molecular weight excluding hydrogens is 250 g/mol. The van der Waals surface area contributed by atoms with Crippen LogP contribution in [0.5, 0.6) is 0 Å². The molecule has 1 unspecified atom stereocenters. The summed E-state index contributed by atoms with van der Waals surface area (Å²) < 4.78 is 0. The van der Waals surface area contributed by atoms with E-state index in [1.54, 1.807) is 0 Å². The number of benzene rings is 1. The molecule has 0 aromatic heterocycles. The number of carbonyl (C=O) groups excluding carboxylic acids is 1. The highest BCUT2D eigenvalue weighted by molar-refractivity contribution is 5.93. The fourth-order valence-corrected chi connectivity index (χ4v) is 2.80. The summed E-state index contributed by atoms with van der Waals surface area (Å²) >= 11 is 0. The van der Waals surface area contributed by atoms with E-state index in [4.69, 9.17) is 5.73 Å². The van der Waals surface area contributed by atoms with E-state index in [1.807, 2.05) is 19.1 Å². The number of hydrogen-bond donors (Lipinski definition) is 2. The van der Waals surface area contributed by atoms with Crippen LogP contribution >= 0.6 is 0 Å². The summed E-state index contributed by atoms with van der Waals surface area (Å²) in [7, 11) is 0. The molecule has 1 aromatic rings. The van der Waals surface area contributed by atoms with Crippen LogP contribution in [-0.2, 0) is 4.79 Å². The summed E-state index contributed by atoms with van der Waals surface area (Å²) in [6.45, 7) is 6.14. The Bertz CT molecular complexity index is 473. The van der Waals surface area contributed by atoms with Gasteiger partial charge in [-0.15, -0.1) is 0 Å². The highest BCUT2D eigenvalue weighted by atomic mass is 16.2. The van der Waals surface area contributed by atoms with Gasteiger partial charge in [-0.2, -0.15) is 0 Å². The number of amides is 1. The van der Waals surface area contributed by atoms with E-state index < -0.39 is 0 Å². The topological polar surface area (TPSA) is 58.4 Å². The standard InChI is InChI=1S/C16H25N3O/c1-12-6-5-8-15(13(12)2)18-16(20)11-19-9-4-3-7-14(19)10-17/h5-6,8,14H,3-4,7,9-11,17H2,1-2H3,(H,18,20). The number of anilines is 1. The number of nitrogens with zero attached hydrogens (tertiary/aromatic N) is 1. The number of piperidine rings is 1. The molecule has 4 nitrogen and oxygen atoms in total. The van der Waals surface area contributed by atoms with Crippen molar-refractivity contribution in [2.75, 3.05) is 25.0 Å². The van der Waals surface area contributed by atoms with Crippen molar-refractivity contribution in [3.05, 3.63) is 29.3 Å². The van der Waals surface area contributed by atoms with Crippen LogP contribution in [0.4, 0.5) is 5.69 Å². The van der Waals surface area contributed by atoms with Crippen LogP contribution in [-0.4, -0.2) is 36.5 Å². The molecule has 0 radical (unpaired) electrons. The molecule has 2 rings (SSSR count). The minimum atomic E-state index is 0.0547. The molecule has 0 aliphatic carbocycles. The Kier molecular flexibility index (Phi) is 5.15. The SMILES string of the molecule is Cc1cccc(NC(=O)CN2CCCCC2CN)c1C. The monoisotopic (exact) mass is 275 g/mol. The van der Waals surface area contributed by atoms with E-state index >= 15 is 0 Å². The Balaban J connectivity index is 1.96. The van der Waals surface area contributed by atoms with Crippen LogP contribution in [0.25, 0.3) is 0 Å². The van der Waals surface area contributed by atoms with Gasteiger partial charge in [-0.1, -0.05) is 18.6 Å². The lowest BCUT2D eigenvalue weighted by molar-refractivity contribution is -0.118. The molecule has 0 bridgehead atoms. The number of likely N-dealkylation sites (tertiary alicyclic amines) is 1. The zero-order valence-corrected chi connectivity index (χ0v) is 12.5. The van der Waals surface area contributed by atoms with E-state index in [9.17, 15) is 4.79 Å². The average molecular weight is 275 g/mol. The molecule has 1 heterocycles. The van der Waals surface area contributed by atoms with Crippen molar-refractivity contribution in [3.8, 4) is 0 Å². The van der Waals surface area contributed by atoms with Gasteiger partial charge in [0.1, 0.15) is 0 Å². The molecule has 1 fully saturated rings. The van der Waals surface area contributed by atoms with Gasteiger partial charge in [0, 0.05) is 18.3 Å². The lowest BCUT2D eigenvalue weighted by Crippen LogP contribution is -2.47. The minimum absolute atomic E-state index is 0.0547. The van der Waals surface area contributed by atoms with E-state index in [2.05, 4.69) is 23.2 Å². The number of rotatable bonds is 4. The van der Waals surface area contributed by atoms with Crippen LogP contribution in [0, 0.1) is 13.8 Å². The lowest BCUT2D eigenvalue weighted by Gasteiger charge is -2.34. The second-order valence-corrected chi connectivity index (χ2v) is 5.65. The first-order valence-electron chi connectivity index (χ1n) is 7.42. The lowest BCUT2D eigenvalue weighted by atomic mass is 10.0. The number of nitrogens with one attached hydrogen (secondary N) is 1. The van der Waals surface area contributed by atoms with Gasteiger partial charge in [0.2, 0.25) is 5.91 Å². The zero-order valence-electron chi connectivity index (χ0n) is 12.5. The van der Waals surface area contributed by atoms with E-state index in [0.717, 1.165) is 30.6 Å². The number of nitrogens with two attached hydrogens (primary N) is 1. The van der Waals surface area contributed by atoms with Crippen LogP contribution in [0.15, 0.2) is 18.2 Å². The predicted molar refractivity (Wildman–Crippen MR) is 82.8 cm³/mol. The van der Waals surface area contributed by atoms with Gasteiger partial charge in [0.15, 0.2) is 0 Å². The summed E-state index contributed by atoms with van der Waals surface area (Å²) in [6, 6.07) is 6.34. The van der Waals surface area contributed by atoms with E-state index in [-0.39, 0.29) is 5.91 Å². The maximum atomic E-state index is 12.2. The summed E-state index contributed by atoms with van der Waals surface area (Å²) in [5.74, 6) is 0.0547. The molecule has 1 atom stereocenters. The second kappa shape index (κ2) is 6.86. The van der Waals surface area contributed by atoms with Gasteiger partial charge in [0.05, 0.1) is 6.54 Å². The van der Waals surface area contributed by atoms with Crippen molar-refractivity contribution in [2.24, 2.45) is 5.73 Å². The minimum Gasteiger partial charge on any atom is -0.329 e. The van der Waals surface area contributed by atoms with Gasteiger partial charge in [0.25, 0.3) is 0 Å². The van der Waals surface area contributed by atoms with Gasteiger partial charge in [-0.3, -0.25) is 9.69 Å². The molecule has 0 saturated carbocycles. The van der Waals surface area contributed by atoms with Gasteiger partial charge in [-0.25, -0.2) is 0 Å². The third-order valence-corrected chi connectivity index (χ3v) is 4.25. The fraction of sp³-hybridized carbons (Fsp3) is 0.562. The summed E-state index contributed by atoms with van der Waals surface area (Å²) in [5.41, 5.74) is 9.03. The summed E-state index contributed by atoms with van der Waals surface area (Å²) in [6.07, 6.45) is 3.48. The first-order valence-corrected chi connectivity index (χ1v) is 7.42. The van der Waals surface area contributed by atoms with Crippen LogP contribution < -0.4 is 11.1 Å². The Morgan fingerprint density at radius 3 is 2.95 bits per heavy atom. The summed E-state index contributed by atoms with van der Waals surface area (Å²) in [5, 5.41) is 3.02. The molecule has 1 aliphatic rings. The Labute approximate surface area is 121 Å². The fourth-order valence-electron chi connectivity index (χ4n) is 2.80. The molecule has 20 heavy (non-hydrogen) atoms. The van der Waals surface area contributed by atoms with Crippen molar-refractivity contribution >= 4 is 11.6 Å². The molecule has 1 saturated heterocycles. The van der Waals surface area contributed by atoms with E-state index in [0.29, 0.717) is 19.1 Å². The number of carbonyl (C=O) groups is 1. The Morgan fingerprint density at radius 2 is 2.20 bits per heavy atom. The Hall–Kier alpha value is -1.39. The first-order chi connectivity index (χ1) is 9.61. The first kappa shape index (κ1) is 15.0. The summed E-state index contributed by atoms with van der Waals surface area (Å²) in [4.78, 5) is 14.4. The van der Waals surface area contributed by atoms with Crippen molar-refractivity contribution in [2.45, 2.75) is 39.2 Å². The van der Waals surface area contributed by atoms with Gasteiger partial charge < -0.3 is 11.1 Å². The van der Waals surface area contributed by atoms with Crippen LogP contribution in [0.1, 0.15) is 30.4 Å². The molecule has 3 N–H and O–H groups in total.